The molecule has 2 heterocycles. The number of carbonyl (C=O) groups is 1. The molecule has 1 aliphatic rings. The fourth-order valence-corrected chi connectivity index (χ4v) is 4.08. The number of hydrogen-bond acceptors (Lipinski definition) is 7. The first kappa shape index (κ1) is 23.8. The van der Waals surface area contributed by atoms with E-state index in [1.807, 2.05) is 36.4 Å². The SMILES string of the molecule is COc1ccc(CN2CCN(Cc3nc(C(=O)NCCc4ccccc4OC)co3)CC2)cc1. The smallest absolute Gasteiger partial charge is 0.273 e. The van der Waals surface area contributed by atoms with Crippen LogP contribution in [0.4, 0.5) is 0 Å². The van der Waals surface area contributed by atoms with Crippen LogP contribution in [0, 0.1) is 0 Å². The van der Waals surface area contributed by atoms with Gasteiger partial charge in [0.05, 0.1) is 20.8 Å². The lowest BCUT2D eigenvalue weighted by molar-refractivity contribution is 0.0948. The Morgan fingerprint density at radius 2 is 1.68 bits per heavy atom. The van der Waals surface area contributed by atoms with Crippen LogP contribution in [0.5, 0.6) is 11.5 Å². The number of methoxy groups -OCH3 is 2. The first-order valence-corrected chi connectivity index (χ1v) is 11.6. The molecule has 0 radical (unpaired) electrons. The number of aromatic nitrogens is 1. The number of oxazole rings is 1. The molecule has 3 aromatic rings. The quantitative estimate of drug-likeness (QED) is 0.494. The number of amides is 1. The lowest BCUT2D eigenvalue weighted by Gasteiger charge is -2.34. The standard InChI is InChI=1S/C26H32N4O4/c1-32-22-9-7-20(8-10-22)17-29-13-15-30(16-14-29)18-25-28-23(19-34-25)26(31)27-12-11-21-5-3-4-6-24(21)33-2/h3-10,19H,11-18H2,1-2H3,(H,27,31). The second-order valence-electron chi connectivity index (χ2n) is 8.34. The van der Waals surface area contributed by atoms with Gasteiger partial charge in [0.15, 0.2) is 5.69 Å². The van der Waals surface area contributed by atoms with Gasteiger partial charge in [-0.2, -0.15) is 0 Å². The Balaban J connectivity index is 1.19. The molecule has 1 amide bonds. The summed E-state index contributed by atoms with van der Waals surface area (Å²) in [5, 5.41) is 2.91. The zero-order valence-electron chi connectivity index (χ0n) is 19.8. The number of nitrogens with zero attached hydrogens (tertiary/aromatic N) is 3. The summed E-state index contributed by atoms with van der Waals surface area (Å²) < 4.78 is 16.2. The van der Waals surface area contributed by atoms with Crippen LogP contribution in [0.1, 0.15) is 27.5 Å². The molecule has 1 aromatic heterocycles. The number of benzene rings is 2. The van der Waals surface area contributed by atoms with Gasteiger partial charge in [-0.3, -0.25) is 14.6 Å². The van der Waals surface area contributed by atoms with E-state index < -0.39 is 0 Å². The maximum Gasteiger partial charge on any atom is 0.273 e. The molecule has 8 heteroatoms. The van der Waals surface area contributed by atoms with Gasteiger partial charge in [0.25, 0.3) is 5.91 Å². The highest BCUT2D eigenvalue weighted by Gasteiger charge is 2.20. The van der Waals surface area contributed by atoms with Crippen molar-refractivity contribution < 1.29 is 18.7 Å². The van der Waals surface area contributed by atoms with E-state index in [0.29, 0.717) is 31.1 Å². The van der Waals surface area contributed by atoms with Crippen LogP contribution in [-0.4, -0.2) is 67.6 Å². The molecule has 1 fully saturated rings. The minimum Gasteiger partial charge on any atom is -0.497 e. The molecule has 180 valence electrons. The number of ether oxygens (including phenoxy) is 2. The van der Waals surface area contributed by atoms with Crippen LogP contribution in [-0.2, 0) is 19.5 Å². The Hall–Kier alpha value is -3.36. The van der Waals surface area contributed by atoms with Crippen molar-refractivity contribution in [1.82, 2.24) is 20.1 Å². The fourth-order valence-electron chi connectivity index (χ4n) is 4.08. The summed E-state index contributed by atoms with van der Waals surface area (Å²) in [7, 11) is 3.33. The van der Waals surface area contributed by atoms with Gasteiger partial charge in [0.2, 0.25) is 5.89 Å². The van der Waals surface area contributed by atoms with Crippen molar-refractivity contribution in [3.8, 4) is 11.5 Å². The van der Waals surface area contributed by atoms with Gasteiger partial charge < -0.3 is 19.2 Å². The van der Waals surface area contributed by atoms with E-state index >= 15 is 0 Å². The highest BCUT2D eigenvalue weighted by Crippen LogP contribution is 2.18. The fraction of sp³-hybridized carbons (Fsp3) is 0.385. The molecule has 0 atom stereocenters. The monoisotopic (exact) mass is 464 g/mol. The van der Waals surface area contributed by atoms with Crippen molar-refractivity contribution in [3.63, 3.8) is 0 Å². The van der Waals surface area contributed by atoms with E-state index in [-0.39, 0.29) is 5.91 Å². The summed E-state index contributed by atoms with van der Waals surface area (Å²) >= 11 is 0. The molecule has 0 saturated carbocycles. The van der Waals surface area contributed by atoms with Crippen molar-refractivity contribution in [2.75, 3.05) is 46.9 Å². The van der Waals surface area contributed by atoms with Crippen molar-refractivity contribution in [3.05, 3.63) is 77.5 Å². The van der Waals surface area contributed by atoms with Crippen LogP contribution < -0.4 is 14.8 Å². The van der Waals surface area contributed by atoms with Gasteiger partial charge >= 0.3 is 0 Å². The summed E-state index contributed by atoms with van der Waals surface area (Å²) in [6.07, 6.45) is 2.12. The number of para-hydroxylation sites is 1. The van der Waals surface area contributed by atoms with Crippen LogP contribution in [0.15, 0.2) is 59.2 Å². The lowest BCUT2D eigenvalue weighted by atomic mass is 10.1. The van der Waals surface area contributed by atoms with E-state index in [1.165, 1.54) is 11.8 Å². The molecule has 1 saturated heterocycles. The highest BCUT2D eigenvalue weighted by atomic mass is 16.5. The molecule has 34 heavy (non-hydrogen) atoms. The Morgan fingerprint density at radius 3 is 2.38 bits per heavy atom. The van der Waals surface area contributed by atoms with E-state index in [0.717, 1.165) is 49.8 Å². The van der Waals surface area contributed by atoms with E-state index in [1.54, 1.807) is 14.2 Å². The second kappa shape index (κ2) is 11.7. The van der Waals surface area contributed by atoms with Crippen molar-refractivity contribution in [2.24, 2.45) is 0 Å². The number of rotatable bonds is 10. The molecule has 1 aliphatic heterocycles. The van der Waals surface area contributed by atoms with Crippen molar-refractivity contribution in [2.45, 2.75) is 19.5 Å². The van der Waals surface area contributed by atoms with E-state index in [9.17, 15) is 4.79 Å². The normalized spacial score (nSPS) is 14.6. The molecule has 1 N–H and O–H groups in total. The number of carbonyl (C=O) groups excluding carboxylic acids is 1. The number of hydrogen-bond donors (Lipinski definition) is 1. The Kier molecular flexibility index (Phi) is 8.17. The van der Waals surface area contributed by atoms with Crippen LogP contribution in [0.3, 0.4) is 0 Å². The van der Waals surface area contributed by atoms with Gasteiger partial charge in [-0.15, -0.1) is 0 Å². The zero-order chi connectivity index (χ0) is 23.8. The molecule has 0 spiro atoms. The summed E-state index contributed by atoms with van der Waals surface area (Å²) in [4.78, 5) is 21.6. The molecular weight excluding hydrogens is 432 g/mol. The molecule has 0 aliphatic carbocycles. The minimum absolute atomic E-state index is 0.228. The Labute approximate surface area is 200 Å². The summed E-state index contributed by atoms with van der Waals surface area (Å²) in [5.74, 6) is 2.04. The van der Waals surface area contributed by atoms with Gasteiger partial charge in [0.1, 0.15) is 17.8 Å². The molecule has 8 nitrogen and oxygen atoms in total. The maximum atomic E-state index is 12.5. The van der Waals surface area contributed by atoms with Gasteiger partial charge in [-0.05, 0) is 35.7 Å². The molecule has 4 rings (SSSR count). The Bertz CT molecular complexity index is 1060. The van der Waals surface area contributed by atoms with Crippen molar-refractivity contribution >= 4 is 5.91 Å². The third-order valence-corrected chi connectivity index (χ3v) is 6.05. The van der Waals surface area contributed by atoms with Crippen LogP contribution >= 0.6 is 0 Å². The molecule has 0 bridgehead atoms. The average Bonchev–Trinajstić information content (AvgIpc) is 3.34. The third-order valence-electron chi connectivity index (χ3n) is 6.05. The van der Waals surface area contributed by atoms with E-state index in [4.69, 9.17) is 13.9 Å². The summed E-state index contributed by atoms with van der Waals surface area (Å²) in [6.45, 7) is 5.84. The molecule has 0 unspecified atom stereocenters. The van der Waals surface area contributed by atoms with Crippen LogP contribution in [0.25, 0.3) is 0 Å². The zero-order valence-corrected chi connectivity index (χ0v) is 19.8. The van der Waals surface area contributed by atoms with Crippen molar-refractivity contribution in [1.29, 1.82) is 0 Å². The predicted molar refractivity (Wildman–Crippen MR) is 129 cm³/mol. The van der Waals surface area contributed by atoms with Crippen LogP contribution in [0.2, 0.25) is 0 Å². The van der Waals surface area contributed by atoms with Gasteiger partial charge in [-0.1, -0.05) is 30.3 Å². The number of nitrogens with one attached hydrogen (secondary N) is 1. The van der Waals surface area contributed by atoms with Gasteiger partial charge in [-0.25, -0.2) is 4.98 Å². The first-order valence-electron chi connectivity index (χ1n) is 11.6. The predicted octanol–water partition coefficient (Wildman–Crippen LogP) is 2.98. The largest absolute Gasteiger partial charge is 0.497 e. The third kappa shape index (κ3) is 6.36. The van der Waals surface area contributed by atoms with E-state index in [2.05, 4.69) is 32.2 Å². The topological polar surface area (TPSA) is 80.1 Å². The highest BCUT2D eigenvalue weighted by molar-refractivity contribution is 5.91. The lowest BCUT2D eigenvalue weighted by Crippen LogP contribution is -2.45. The minimum atomic E-state index is -0.228. The van der Waals surface area contributed by atoms with Gasteiger partial charge in [0, 0.05) is 39.3 Å². The Morgan fingerprint density at radius 1 is 0.971 bits per heavy atom. The average molecular weight is 465 g/mol. The molecule has 2 aromatic carbocycles. The first-order chi connectivity index (χ1) is 16.6. The second-order valence-corrected chi connectivity index (χ2v) is 8.34. The summed E-state index contributed by atoms with van der Waals surface area (Å²) in [6, 6.07) is 16.0. The maximum absolute atomic E-state index is 12.5. The molecular formula is C26H32N4O4. The summed E-state index contributed by atoms with van der Waals surface area (Å²) in [5.41, 5.74) is 2.65. The number of piperazine rings is 1.